The van der Waals surface area contributed by atoms with E-state index in [0.29, 0.717) is 0 Å². The summed E-state index contributed by atoms with van der Waals surface area (Å²) < 4.78 is 49.0. The summed E-state index contributed by atoms with van der Waals surface area (Å²) >= 11 is 0. The number of likely N-dealkylation sites (N-methyl/N-ethyl adjacent to an activating group) is 1. The van der Waals surface area contributed by atoms with Gasteiger partial charge in [0, 0.05) is 7.05 Å². The molecule has 0 aliphatic rings. The molecule has 0 heterocycles. The Balaban J connectivity index is 2.18. The topological polar surface area (TPSA) is 59.0 Å². The standard InChI is InChI=1S/C20H22F3NO4/c1-14(27-13-25)19(26)24(2)12-18(15-6-4-3-5-7-15)28-17-10-8-16(9-11-17)20(21,22)23/h3-11,14,18,25H,12-13H2,1-2H3. The van der Waals surface area contributed by atoms with Gasteiger partial charge in [-0.25, -0.2) is 0 Å². The molecule has 2 unspecified atom stereocenters. The van der Waals surface area contributed by atoms with E-state index in [-0.39, 0.29) is 18.2 Å². The van der Waals surface area contributed by atoms with E-state index in [4.69, 9.17) is 14.6 Å². The number of benzene rings is 2. The summed E-state index contributed by atoms with van der Waals surface area (Å²) in [5, 5.41) is 8.80. The lowest BCUT2D eigenvalue weighted by atomic mass is 10.1. The van der Waals surface area contributed by atoms with Crippen LogP contribution in [0.5, 0.6) is 5.75 Å². The number of hydrogen-bond acceptors (Lipinski definition) is 4. The van der Waals surface area contributed by atoms with E-state index < -0.39 is 30.7 Å². The molecule has 0 saturated heterocycles. The van der Waals surface area contributed by atoms with Crippen LogP contribution in [-0.2, 0) is 15.7 Å². The van der Waals surface area contributed by atoms with E-state index in [9.17, 15) is 18.0 Å². The third-order valence-electron chi connectivity index (χ3n) is 4.12. The molecule has 0 aromatic heterocycles. The highest BCUT2D eigenvalue weighted by atomic mass is 19.4. The number of nitrogens with zero attached hydrogens (tertiary/aromatic N) is 1. The smallest absolute Gasteiger partial charge is 0.416 e. The minimum absolute atomic E-state index is 0.142. The fraction of sp³-hybridized carbons (Fsp3) is 0.350. The first kappa shape index (κ1) is 21.7. The molecule has 2 atom stereocenters. The summed E-state index contributed by atoms with van der Waals surface area (Å²) in [5.41, 5.74) is -0.00355. The largest absolute Gasteiger partial charge is 0.484 e. The molecule has 5 nitrogen and oxygen atoms in total. The highest BCUT2D eigenvalue weighted by Crippen LogP contribution is 2.31. The van der Waals surface area contributed by atoms with E-state index in [1.807, 2.05) is 6.07 Å². The second kappa shape index (κ2) is 9.57. The number of aliphatic hydroxyl groups excluding tert-OH is 1. The third-order valence-corrected chi connectivity index (χ3v) is 4.12. The van der Waals surface area contributed by atoms with Crippen LogP contribution in [0.1, 0.15) is 24.2 Å². The van der Waals surface area contributed by atoms with Crippen molar-refractivity contribution >= 4 is 5.91 Å². The molecule has 0 bridgehead atoms. The van der Waals surface area contributed by atoms with Gasteiger partial charge in [-0.05, 0) is 36.8 Å². The van der Waals surface area contributed by atoms with Crippen molar-refractivity contribution in [3.63, 3.8) is 0 Å². The molecule has 2 aromatic carbocycles. The van der Waals surface area contributed by atoms with E-state index >= 15 is 0 Å². The van der Waals surface area contributed by atoms with Crippen LogP contribution in [0.25, 0.3) is 0 Å². The average molecular weight is 397 g/mol. The van der Waals surface area contributed by atoms with E-state index in [0.717, 1.165) is 17.7 Å². The third kappa shape index (κ3) is 5.97. The van der Waals surface area contributed by atoms with Crippen LogP contribution in [0.15, 0.2) is 54.6 Å². The van der Waals surface area contributed by atoms with Crippen LogP contribution in [0.3, 0.4) is 0 Å². The SMILES string of the molecule is CC(OCO)C(=O)N(C)CC(Oc1ccc(C(F)(F)F)cc1)c1ccccc1. The van der Waals surface area contributed by atoms with Crippen LogP contribution in [0.4, 0.5) is 13.2 Å². The molecule has 1 N–H and O–H groups in total. The van der Waals surface area contributed by atoms with Gasteiger partial charge in [-0.3, -0.25) is 4.79 Å². The lowest BCUT2D eigenvalue weighted by Gasteiger charge is -2.27. The number of halogens is 3. The average Bonchev–Trinajstić information content (AvgIpc) is 2.67. The van der Waals surface area contributed by atoms with Crippen molar-refractivity contribution in [1.29, 1.82) is 0 Å². The summed E-state index contributed by atoms with van der Waals surface area (Å²) in [7, 11) is 1.56. The number of ether oxygens (including phenoxy) is 2. The Bertz CT molecular complexity index is 750. The van der Waals surface area contributed by atoms with Crippen LogP contribution in [0.2, 0.25) is 0 Å². The summed E-state index contributed by atoms with van der Waals surface area (Å²) in [4.78, 5) is 13.7. The molecule has 28 heavy (non-hydrogen) atoms. The zero-order chi connectivity index (χ0) is 20.7. The predicted molar refractivity (Wildman–Crippen MR) is 96.5 cm³/mol. The Morgan fingerprint density at radius 1 is 1.11 bits per heavy atom. The van der Waals surface area contributed by atoms with Crippen molar-refractivity contribution in [2.75, 3.05) is 20.4 Å². The van der Waals surface area contributed by atoms with Crippen molar-refractivity contribution in [2.45, 2.75) is 25.3 Å². The van der Waals surface area contributed by atoms with Gasteiger partial charge in [0.25, 0.3) is 5.91 Å². The Labute approximate surface area is 161 Å². The number of hydrogen-bond donors (Lipinski definition) is 1. The molecule has 1 amide bonds. The van der Waals surface area contributed by atoms with Crippen LogP contribution < -0.4 is 4.74 Å². The molecule has 8 heteroatoms. The zero-order valence-corrected chi connectivity index (χ0v) is 15.5. The summed E-state index contributed by atoms with van der Waals surface area (Å²) in [5.74, 6) is -0.103. The highest BCUT2D eigenvalue weighted by molar-refractivity contribution is 5.80. The maximum Gasteiger partial charge on any atom is 0.416 e. The Kier molecular flexibility index (Phi) is 7.42. The van der Waals surface area contributed by atoms with Crippen LogP contribution in [0, 0.1) is 0 Å². The molecular formula is C20H22F3NO4. The molecule has 2 rings (SSSR count). The monoisotopic (exact) mass is 397 g/mol. The van der Waals surface area contributed by atoms with E-state index in [2.05, 4.69) is 0 Å². The molecule has 0 aliphatic carbocycles. The second-order valence-electron chi connectivity index (χ2n) is 6.20. The second-order valence-corrected chi connectivity index (χ2v) is 6.20. The van der Waals surface area contributed by atoms with Gasteiger partial charge in [0.2, 0.25) is 0 Å². The van der Waals surface area contributed by atoms with Crippen molar-refractivity contribution in [3.05, 3.63) is 65.7 Å². The summed E-state index contributed by atoms with van der Waals surface area (Å²) in [6.07, 6.45) is -5.86. The van der Waals surface area contributed by atoms with Crippen molar-refractivity contribution in [2.24, 2.45) is 0 Å². The molecular weight excluding hydrogens is 375 g/mol. The predicted octanol–water partition coefficient (Wildman–Crippen LogP) is 3.64. The quantitative estimate of drug-likeness (QED) is 0.691. The van der Waals surface area contributed by atoms with Crippen LogP contribution in [-0.4, -0.2) is 42.4 Å². The van der Waals surface area contributed by atoms with Gasteiger partial charge in [0.05, 0.1) is 12.1 Å². The number of rotatable bonds is 8. The first-order chi connectivity index (χ1) is 13.2. The molecule has 0 fully saturated rings. The maximum atomic E-state index is 12.7. The minimum atomic E-state index is -4.42. The number of amides is 1. The van der Waals surface area contributed by atoms with Crippen molar-refractivity contribution < 1.29 is 32.5 Å². The summed E-state index contributed by atoms with van der Waals surface area (Å²) in [6.45, 7) is 1.08. The normalized spacial score (nSPS) is 13.6. The zero-order valence-electron chi connectivity index (χ0n) is 15.5. The Morgan fingerprint density at radius 3 is 2.25 bits per heavy atom. The fourth-order valence-electron chi connectivity index (χ4n) is 2.60. The molecule has 2 aromatic rings. The van der Waals surface area contributed by atoms with Gasteiger partial charge < -0.3 is 19.5 Å². The van der Waals surface area contributed by atoms with Crippen LogP contribution >= 0.6 is 0 Å². The molecule has 0 radical (unpaired) electrons. The lowest BCUT2D eigenvalue weighted by Crippen LogP contribution is -2.39. The van der Waals surface area contributed by atoms with E-state index in [1.54, 1.807) is 31.3 Å². The maximum absolute atomic E-state index is 12.7. The summed E-state index contributed by atoms with van der Waals surface area (Å²) in [6, 6.07) is 13.4. The van der Waals surface area contributed by atoms with Gasteiger partial charge in [-0.2, -0.15) is 13.2 Å². The molecule has 0 saturated carbocycles. The number of alkyl halides is 3. The number of carbonyl (C=O) groups is 1. The van der Waals surface area contributed by atoms with E-state index in [1.165, 1.54) is 24.0 Å². The highest BCUT2D eigenvalue weighted by Gasteiger charge is 2.30. The van der Waals surface area contributed by atoms with Crippen molar-refractivity contribution in [3.8, 4) is 5.75 Å². The fourth-order valence-corrected chi connectivity index (χ4v) is 2.60. The van der Waals surface area contributed by atoms with Gasteiger partial charge in [0.15, 0.2) is 0 Å². The van der Waals surface area contributed by atoms with Crippen molar-refractivity contribution in [1.82, 2.24) is 4.90 Å². The van der Waals surface area contributed by atoms with Gasteiger partial charge in [-0.1, -0.05) is 30.3 Å². The number of aliphatic hydroxyl groups is 1. The molecule has 0 aliphatic heterocycles. The first-order valence-corrected chi connectivity index (χ1v) is 8.58. The number of carbonyl (C=O) groups excluding carboxylic acids is 1. The van der Waals surface area contributed by atoms with Gasteiger partial charge in [0.1, 0.15) is 24.8 Å². The minimum Gasteiger partial charge on any atom is -0.484 e. The lowest BCUT2D eigenvalue weighted by molar-refractivity contribution is -0.148. The van der Waals surface area contributed by atoms with Gasteiger partial charge >= 0.3 is 6.18 Å². The Hall–Kier alpha value is -2.58. The Morgan fingerprint density at radius 2 is 1.71 bits per heavy atom. The molecule has 0 spiro atoms. The van der Waals surface area contributed by atoms with Gasteiger partial charge in [-0.15, -0.1) is 0 Å². The first-order valence-electron chi connectivity index (χ1n) is 8.58. The molecule has 152 valence electrons.